The predicted molar refractivity (Wildman–Crippen MR) is 97.6 cm³/mol. The van der Waals surface area contributed by atoms with E-state index in [-0.39, 0.29) is 16.5 Å². The lowest BCUT2D eigenvalue weighted by molar-refractivity contribution is -0.754. The summed E-state index contributed by atoms with van der Waals surface area (Å²) >= 11 is 0. The standard InChI is InChI=1S/C21H25N2O/c1-5-20(4)21(6-2,7-3)16-10-8-9-15-11-13-22-17(24)12-14-23(20)19(22)18(15)16/h8-14H,5-7H2,1-4H3/q+1. The fourth-order valence-electron chi connectivity index (χ4n) is 5.23. The van der Waals surface area contributed by atoms with Crippen LogP contribution in [-0.2, 0) is 11.0 Å². The Hall–Kier alpha value is -2.16. The van der Waals surface area contributed by atoms with Crippen LogP contribution in [-0.4, -0.2) is 4.40 Å². The molecule has 1 aromatic carbocycles. The molecule has 0 bridgehead atoms. The van der Waals surface area contributed by atoms with Gasteiger partial charge in [0.2, 0.25) is 0 Å². The van der Waals surface area contributed by atoms with Gasteiger partial charge in [0.15, 0.2) is 0 Å². The number of rotatable bonds is 3. The zero-order valence-electron chi connectivity index (χ0n) is 15.0. The van der Waals surface area contributed by atoms with Crippen LogP contribution < -0.4 is 10.1 Å². The second-order valence-corrected chi connectivity index (χ2v) is 7.22. The SMILES string of the molecule is CCC1(CC)c2cccc3ccn4c(=O)cc[n+](c4c23)C1(C)CC. The summed E-state index contributed by atoms with van der Waals surface area (Å²) in [6.45, 7) is 9.23. The first-order valence-electron chi connectivity index (χ1n) is 9.03. The van der Waals surface area contributed by atoms with E-state index >= 15 is 0 Å². The third-order valence-corrected chi connectivity index (χ3v) is 6.76. The van der Waals surface area contributed by atoms with Crippen molar-refractivity contribution in [3.63, 3.8) is 0 Å². The van der Waals surface area contributed by atoms with E-state index in [4.69, 9.17) is 0 Å². The second-order valence-electron chi connectivity index (χ2n) is 7.22. The lowest BCUT2D eigenvalue weighted by atomic mass is 9.59. The number of nitrogens with zero attached hydrogens (tertiary/aromatic N) is 2. The van der Waals surface area contributed by atoms with E-state index in [0.29, 0.717) is 0 Å². The highest BCUT2D eigenvalue weighted by Gasteiger charge is 2.54. The Labute approximate surface area is 142 Å². The molecule has 2 aromatic heterocycles. The van der Waals surface area contributed by atoms with E-state index in [1.807, 2.05) is 16.8 Å². The van der Waals surface area contributed by atoms with Gasteiger partial charge in [0, 0.05) is 5.41 Å². The lowest BCUT2D eigenvalue weighted by Gasteiger charge is -2.49. The third-order valence-electron chi connectivity index (χ3n) is 6.76. The molecule has 0 spiro atoms. The molecule has 1 atom stereocenters. The van der Waals surface area contributed by atoms with Gasteiger partial charge in [-0.2, -0.15) is 4.40 Å². The van der Waals surface area contributed by atoms with Crippen LogP contribution in [0, 0.1) is 0 Å². The van der Waals surface area contributed by atoms with Crippen LogP contribution in [0.4, 0.5) is 0 Å². The molecule has 24 heavy (non-hydrogen) atoms. The van der Waals surface area contributed by atoms with Gasteiger partial charge in [-0.1, -0.05) is 39.0 Å². The maximum atomic E-state index is 12.5. The van der Waals surface area contributed by atoms with Gasteiger partial charge in [-0.25, -0.2) is 9.36 Å². The Bertz CT molecular complexity index is 1010. The zero-order chi connectivity index (χ0) is 17.1. The molecule has 1 unspecified atom stereocenters. The van der Waals surface area contributed by atoms with Gasteiger partial charge in [0.25, 0.3) is 5.65 Å². The number of hydrogen-bond donors (Lipinski definition) is 0. The summed E-state index contributed by atoms with van der Waals surface area (Å²) < 4.78 is 4.19. The smallest absolute Gasteiger partial charge is 0.241 e. The molecule has 3 heteroatoms. The highest BCUT2D eigenvalue weighted by molar-refractivity contribution is 5.96. The average molecular weight is 321 g/mol. The summed E-state index contributed by atoms with van der Waals surface area (Å²) in [7, 11) is 0. The molecule has 3 heterocycles. The van der Waals surface area contributed by atoms with Gasteiger partial charge in [-0.05, 0) is 43.2 Å². The molecule has 124 valence electrons. The molecule has 1 aliphatic rings. The van der Waals surface area contributed by atoms with Crippen molar-refractivity contribution in [2.75, 3.05) is 0 Å². The molecule has 0 N–H and O–H groups in total. The van der Waals surface area contributed by atoms with E-state index in [1.54, 1.807) is 6.07 Å². The highest BCUT2D eigenvalue weighted by atomic mass is 16.1. The van der Waals surface area contributed by atoms with Crippen molar-refractivity contribution in [1.29, 1.82) is 0 Å². The van der Waals surface area contributed by atoms with Crippen molar-refractivity contribution < 1.29 is 4.57 Å². The van der Waals surface area contributed by atoms with Crippen molar-refractivity contribution in [1.82, 2.24) is 4.40 Å². The van der Waals surface area contributed by atoms with E-state index in [1.165, 1.54) is 16.3 Å². The Kier molecular flexibility index (Phi) is 3.15. The number of hydrogen-bond acceptors (Lipinski definition) is 1. The maximum absolute atomic E-state index is 12.5. The van der Waals surface area contributed by atoms with Crippen LogP contribution in [0.15, 0.2) is 47.5 Å². The molecule has 0 saturated carbocycles. The summed E-state index contributed by atoms with van der Waals surface area (Å²) in [6, 6.07) is 10.4. The Morgan fingerprint density at radius 1 is 1.04 bits per heavy atom. The van der Waals surface area contributed by atoms with Crippen molar-refractivity contribution in [3.8, 4) is 0 Å². The minimum atomic E-state index is -0.0575. The lowest BCUT2D eigenvalue weighted by Crippen LogP contribution is -2.68. The molecule has 3 aromatic rings. The number of aromatic nitrogens is 2. The Morgan fingerprint density at radius 2 is 1.79 bits per heavy atom. The van der Waals surface area contributed by atoms with Crippen molar-refractivity contribution >= 4 is 16.4 Å². The first kappa shape index (κ1) is 15.4. The van der Waals surface area contributed by atoms with E-state index in [0.717, 1.165) is 24.9 Å². The molecule has 1 aliphatic heterocycles. The molecule has 0 fully saturated rings. The monoisotopic (exact) mass is 321 g/mol. The summed E-state index contributed by atoms with van der Waals surface area (Å²) in [4.78, 5) is 12.5. The molecule has 3 nitrogen and oxygen atoms in total. The van der Waals surface area contributed by atoms with E-state index in [9.17, 15) is 4.79 Å². The summed E-state index contributed by atoms with van der Waals surface area (Å²) in [5.41, 5.74) is 2.49. The van der Waals surface area contributed by atoms with E-state index < -0.39 is 0 Å². The van der Waals surface area contributed by atoms with Gasteiger partial charge in [0.05, 0.1) is 17.6 Å². The fourth-order valence-corrected chi connectivity index (χ4v) is 5.23. The average Bonchev–Trinajstić information content (AvgIpc) is 2.62. The number of pyridine rings is 1. The van der Waals surface area contributed by atoms with Crippen molar-refractivity contribution in [2.24, 2.45) is 0 Å². The summed E-state index contributed by atoms with van der Waals surface area (Å²) in [5, 5.41) is 2.46. The quantitative estimate of drug-likeness (QED) is 0.530. The van der Waals surface area contributed by atoms with Gasteiger partial charge < -0.3 is 0 Å². The molecule has 0 aliphatic carbocycles. The molecule has 0 radical (unpaired) electrons. The van der Waals surface area contributed by atoms with Crippen LogP contribution in [0.5, 0.6) is 0 Å². The van der Waals surface area contributed by atoms with Crippen LogP contribution in [0.2, 0.25) is 0 Å². The van der Waals surface area contributed by atoms with Crippen molar-refractivity contribution in [2.45, 2.75) is 57.9 Å². The maximum Gasteiger partial charge on any atom is 0.342 e. The Morgan fingerprint density at radius 3 is 2.46 bits per heavy atom. The fraction of sp³-hybridized carbons (Fsp3) is 0.429. The van der Waals surface area contributed by atoms with Crippen LogP contribution in [0.1, 0.15) is 52.5 Å². The van der Waals surface area contributed by atoms with Gasteiger partial charge >= 0.3 is 5.56 Å². The normalized spacial score (nSPS) is 21.7. The van der Waals surface area contributed by atoms with E-state index in [2.05, 4.69) is 56.5 Å². The van der Waals surface area contributed by atoms with Crippen molar-refractivity contribution in [3.05, 3.63) is 58.6 Å². The summed E-state index contributed by atoms with van der Waals surface area (Å²) in [6.07, 6.45) is 7.12. The minimum Gasteiger partial charge on any atom is -0.241 e. The third kappa shape index (κ3) is 1.53. The highest BCUT2D eigenvalue weighted by Crippen LogP contribution is 2.50. The molecule has 0 amide bonds. The number of benzene rings is 1. The summed E-state index contributed by atoms with van der Waals surface area (Å²) in [5.74, 6) is 0. The van der Waals surface area contributed by atoms with Crippen LogP contribution >= 0.6 is 0 Å². The molecular formula is C21H25N2O+. The molecule has 0 saturated heterocycles. The largest absolute Gasteiger partial charge is 0.342 e. The topological polar surface area (TPSA) is 25.4 Å². The van der Waals surface area contributed by atoms with Crippen LogP contribution in [0.3, 0.4) is 0 Å². The predicted octanol–water partition coefficient (Wildman–Crippen LogP) is 3.94. The van der Waals surface area contributed by atoms with Crippen LogP contribution in [0.25, 0.3) is 16.4 Å². The zero-order valence-corrected chi connectivity index (χ0v) is 15.0. The Balaban J connectivity index is 2.37. The molecular weight excluding hydrogens is 296 g/mol. The molecule has 4 rings (SSSR count). The second kappa shape index (κ2) is 4.92. The minimum absolute atomic E-state index is 0.0388. The van der Waals surface area contributed by atoms with Gasteiger partial charge in [0.1, 0.15) is 11.7 Å². The van der Waals surface area contributed by atoms with Gasteiger partial charge in [-0.15, -0.1) is 0 Å². The van der Waals surface area contributed by atoms with Gasteiger partial charge in [-0.3, -0.25) is 0 Å². The first-order valence-corrected chi connectivity index (χ1v) is 9.03. The first-order chi connectivity index (χ1) is 11.5.